The Morgan fingerprint density at radius 2 is 1.90 bits per heavy atom. The molecule has 0 spiro atoms. The highest BCUT2D eigenvalue weighted by atomic mass is 16.5. The first kappa shape index (κ1) is 14.2. The van der Waals surface area contributed by atoms with E-state index in [0.717, 1.165) is 12.2 Å². The van der Waals surface area contributed by atoms with Crippen LogP contribution in [0.4, 0.5) is 0 Å². The van der Waals surface area contributed by atoms with Crippen molar-refractivity contribution in [1.29, 1.82) is 0 Å². The highest BCUT2D eigenvalue weighted by molar-refractivity contribution is 5.35. The zero-order chi connectivity index (χ0) is 14.7. The van der Waals surface area contributed by atoms with Crippen LogP contribution in [0.15, 0.2) is 48.5 Å². The molecule has 0 saturated heterocycles. The summed E-state index contributed by atoms with van der Waals surface area (Å²) in [6, 6.07) is 18.0. The maximum absolute atomic E-state index is 5.44. The maximum atomic E-state index is 5.44. The van der Waals surface area contributed by atoms with E-state index in [4.69, 9.17) is 4.74 Å². The number of nitrogens with one attached hydrogen (secondary N) is 1. The van der Waals surface area contributed by atoms with E-state index in [-0.39, 0.29) is 0 Å². The van der Waals surface area contributed by atoms with E-state index in [1.807, 2.05) is 12.1 Å². The summed E-state index contributed by atoms with van der Waals surface area (Å²) < 4.78 is 5.44. The standard InChI is InChI=1S/C19H23NO/c1-14(13-16-8-4-6-10-19(16)21-2)20-18-12-11-15-7-3-5-9-17(15)18/h3-10,14,18,20H,11-13H2,1-2H3. The summed E-state index contributed by atoms with van der Waals surface area (Å²) in [7, 11) is 1.74. The van der Waals surface area contributed by atoms with Crippen molar-refractivity contribution in [3.05, 3.63) is 65.2 Å². The fourth-order valence-electron chi connectivity index (χ4n) is 3.33. The molecule has 0 radical (unpaired) electrons. The predicted molar refractivity (Wildman–Crippen MR) is 86.8 cm³/mol. The van der Waals surface area contributed by atoms with Gasteiger partial charge >= 0.3 is 0 Å². The SMILES string of the molecule is COc1ccccc1CC(C)NC1CCc2ccccc21. The Labute approximate surface area is 127 Å². The van der Waals surface area contributed by atoms with Crippen molar-refractivity contribution in [2.75, 3.05) is 7.11 Å². The van der Waals surface area contributed by atoms with Crippen molar-refractivity contribution in [2.45, 2.75) is 38.3 Å². The minimum atomic E-state index is 0.428. The van der Waals surface area contributed by atoms with Crippen molar-refractivity contribution in [1.82, 2.24) is 5.32 Å². The Balaban J connectivity index is 1.66. The largest absolute Gasteiger partial charge is 0.496 e. The molecule has 0 amide bonds. The Morgan fingerprint density at radius 3 is 2.76 bits per heavy atom. The number of rotatable bonds is 5. The number of ether oxygens (including phenoxy) is 1. The summed E-state index contributed by atoms with van der Waals surface area (Å²) in [6.45, 7) is 2.26. The molecular formula is C19H23NO. The first-order chi connectivity index (χ1) is 10.3. The second kappa shape index (κ2) is 6.31. The number of aryl methyl sites for hydroxylation is 1. The van der Waals surface area contributed by atoms with Gasteiger partial charge in [-0.1, -0.05) is 42.5 Å². The summed E-state index contributed by atoms with van der Waals surface area (Å²) in [5, 5.41) is 3.78. The molecule has 1 aliphatic carbocycles. The monoisotopic (exact) mass is 281 g/mol. The van der Waals surface area contributed by atoms with E-state index >= 15 is 0 Å². The van der Waals surface area contributed by atoms with Crippen molar-refractivity contribution < 1.29 is 4.74 Å². The molecule has 0 saturated carbocycles. The Morgan fingerprint density at radius 1 is 1.14 bits per heavy atom. The van der Waals surface area contributed by atoms with Crippen molar-refractivity contribution in [3.63, 3.8) is 0 Å². The zero-order valence-electron chi connectivity index (χ0n) is 12.8. The number of benzene rings is 2. The number of hydrogen-bond donors (Lipinski definition) is 1. The first-order valence-electron chi connectivity index (χ1n) is 7.73. The van der Waals surface area contributed by atoms with Gasteiger partial charge in [0.25, 0.3) is 0 Å². The minimum absolute atomic E-state index is 0.428. The lowest BCUT2D eigenvalue weighted by molar-refractivity contribution is 0.401. The lowest BCUT2D eigenvalue weighted by atomic mass is 10.0. The Hall–Kier alpha value is -1.80. The summed E-state index contributed by atoms with van der Waals surface area (Å²) >= 11 is 0. The molecule has 0 heterocycles. The van der Waals surface area contributed by atoms with Gasteiger partial charge in [-0.25, -0.2) is 0 Å². The Kier molecular flexibility index (Phi) is 4.26. The van der Waals surface area contributed by atoms with Gasteiger partial charge < -0.3 is 10.1 Å². The fraction of sp³-hybridized carbons (Fsp3) is 0.368. The second-order valence-corrected chi connectivity index (χ2v) is 5.87. The molecule has 0 bridgehead atoms. The number of hydrogen-bond acceptors (Lipinski definition) is 2. The van der Waals surface area contributed by atoms with Crippen LogP contribution in [-0.2, 0) is 12.8 Å². The molecule has 21 heavy (non-hydrogen) atoms. The normalized spacial score (nSPS) is 18.3. The van der Waals surface area contributed by atoms with Crippen LogP contribution in [0.3, 0.4) is 0 Å². The topological polar surface area (TPSA) is 21.3 Å². The van der Waals surface area contributed by atoms with E-state index in [2.05, 4.69) is 48.6 Å². The van der Waals surface area contributed by atoms with Gasteiger partial charge in [-0.15, -0.1) is 0 Å². The van der Waals surface area contributed by atoms with Gasteiger partial charge in [0.1, 0.15) is 5.75 Å². The average molecular weight is 281 g/mol. The molecule has 2 atom stereocenters. The van der Waals surface area contributed by atoms with Gasteiger partial charge in [0.2, 0.25) is 0 Å². The molecule has 0 aliphatic heterocycles. The van der Waals surface area contributed by atoms with E-state index in [1.165, 1.54) is 29.5 Å². The lowest BCUT2D eigenvalue weighted by Gasteiger charge is -2.21. The third-order valence-corrected chi connectivity index (χ3v) is 4.34. The predicted octanol–water partition coefficient (Wildman–Crippen LogP) is 3.90. The molecule has 2 heteroatoms. The quantitative estimate of drug-likeness (QED) is 0.897. The number of methoxy groups -OCH3 is 1. The Bertz CT molecular complexity index is 608. The zero-order valence-corrected chi connectivity index (χ0v) is 12.8. The minimum Gasteiger partial charge on any atom is -0.496 e. The molecular weight excluding hydrogens is 258 g/mol. The fourth-order valence-corrected chi connectivity index (χ4v) is 3.33. The van der Waals surface area contributed by atoms with Gasteiger partial charge in [0.15, 0.2) is 0 Å². The van der Waals surface area contributed by atoms with Gasteiger partial charge in [0, 0.05) is 12.1 Å². The molecule has 0 aromatic heterocycles. The molecule has 3 rings (SSSR count). The summed E-state index contributed by atoms with van der Waals surface area (Å²) in [6.07, 6.45) is 3.38. The van der Waals surface area contributed by atoms with Crippen molar-refractivity contribution in [3.8, 4) is 5.75 Å². The molecule has 2 aromatic carbocycles. The third-order valence-electron chi connectivity index (χ3n) is 4.34. The highest BCUT2D eigenvalue weighted by Gasteiger charge is 2.23. The molecule has 1 N–H and O–H groups in total. The van der Waals surface area contributed by atoms with E-state index in [1.54, 1.807) is 7.11 Å². The maximum Gasteiger partial charge on any atom is 0.122 e. The van der Waals surface area contributed by atoms with Crippen LogP contribution < -0.4 is 10.1 Å². The van der Waals surface area contributed by atoms with E-state index < -0.39 is 0 Å². The summed E-state index contributed by atoms with van der Waals surface area (Å²) in [4.78, 5) is 0. The average Bonchev–Trinajstić information content (AvgIpc) is 2.91. The van der Waals surface area contributed by atoms with E-state index in [9.17, 15) is 0 Å². The van der Waals surface area contributed by atoms with Gasteiger partial charge in [-0.05, 0) is 48.9 Å². The molecule has 2 aromatic rings. The van der Waals surface area contributed by atoms with E-state index in [0.29, 0.717) is 12.1 Å². The van der Waals surface area contributed by atoms with Gasteiger partial charge in [-0.2, -0.15) is 0 Å². The second-order valence-electron chi connectivity index (χ2n) is 5.87. The molecule has 2 unspecified atom stereocenters. The molecule has 0 fully saturated rings. The third kappa shape index (κ3) is 3.11. The van der Waals surface area contributed by atoms with Gasteiger partial charge in [0.05, 0.1) is 7.11 Å². The molecule has 110 valence electrons. The van der Waals surface area contributed by atoms with Crippen LogP contribution in [0.25, 0.3) is 0 Å². The van der Waals surface area contributed by atoms with Crippen LogP contribution >= 0.6 is 0 Å². The molecule has 2 nitrogen and oxygen atoms in total. The van der Waals surface area contributed by atoms with Crippen molar-refractivity contribution in [2.24, 2.45) is 0 Å². The number of para-hydroxylation sites is 1. The van der Waals surface area contributed by atoms with Crippen LogP contribution in [0.1, 0.15) is 36.1 Å². The van der Waals surface area contributed by atoms with Crippen molar-refractivity contribution >= 4 is 0 Å². The van der Waals surface area contributed by atoms with Gasteiger partial charge in [-0.3, -0.25) is 0 Å². The lowest BCUT2D eigenvalue weighted by Crippen LogP contribution is -2.31. The smallest absolute Gasteiger partial charge is 0.122 e. The van der Waals surface area contributed by atoms with Crippen LogP contribution in [-0.4, -0.2) is 13.2 Å². The van der Waals surface area contributed by atoms with Crippen LogP contribution in [0.2, 0.25) is 0 Å². The van der Waals surface area contributed by atoms with Crippen LogP contribution in [0, 0.1) is 0 Å². The summed E-state index contributed by atoms with van der Waals surface area (Å²) in [5.41, 5.74) is 4.25. The molecule has 1 aliphatic rings. The highest BCUT2D eigenvalue weighted by Crippen LogP contribution is 2.31. The summed E-state index contributed by atoms with van der Waals surface area (Å²) in [5.74, 6) is 0.984. The number of fused-ring (bicyclic) bond motifs is 1. The van der Waals surface area contributed by atoms with Crippen LogP contribution in [0.5, 0.6) is 5.75 Å². The first-order valence-corrected chi connectivity index (χ1v) is 7.73.